The first-order chi connectivity index (χ1) is 33.4. The zero-order valence-electron chi connectivity index (χ0n) is 39.0. The van der Waals surface area contributed by atoms with Crippen molar-refractivity contribution in [3.8, 4) is 11.5 Å². The number of phosphoric acid groups is 3. The van der Waals surface area contributed by atoms with E-state index in [2.05, 4.69) is 21.3 Å². The summed E-state index contributed by atoms with van der Waals surface area (Å²) >= 11 is 5.83. The van der Waals surface area contributed by atoms with Crippen molar-refractivity contribution in [2.45, 2.75) is 148 Å². The first-order valence-corrected chi connectivity index (χ1v) is 27.8. The van der Waals surface area contributed by atoms with Crippen molar-refractivity contribution >= 4 is 47.2 Å². The van der Waals surface area contributed by atoms with Gasteiger partial charge in [-0.2, -0.15) is 8.62 Å². The number of carbonyl (C=O) groups excluding carboxylic acids is 2. The van der Waals surface area contributed by atoms with Gasteiger partial charge in [-0.3, -0.25) is 32.7 Å². The zero-order chi connectivity index (χ0) is 51.0. The fraction of sp³-hybridized carbons (Fsp3) is 0.581. The maximum atomic E-state index is 14.0. The number of hydrogen-bond donors (Lipinski definition) is 3. The zero-order valence-corrected chi connectivity index (χ0v) is 42.4. The second-order valence-electron chi connectivity index (χ2n) is 16.1. The Morgan fingerprint density at radius 1 is 0.786 bits per heavy atom. The largest absolute Gasteiger partial charge is 0.513 e. The highest BCUT2D eigenvalue weighted by Gasteiger charge is 2.45. The third kappa shape index (κ3) is 21.7. The van der Waals surface area contributed by atoms with Gasteiger partial charge in [0.25, 0.3) is 5.56 Å². The van der Waals surface area contributed by atoms with Gasteiger partial charge in [0.1, 0.15) is 22.7 Å². The van der Waals surface area contributed by atoms with Gasteiger partial charge in [0.15, 0.2) is 0 Å². The summed E-state index contributed by atoms with van der Waals surface area (Å²) in [6.07, 6.45) is 14.1. The molecule has 3 N–H and O–H groups in total. The fourth-order valence-corrected chi connectivity index (χ4v) is 11.0. The van der Waals surface area contributed by atoms with Gasteiger partial charge in [0, 0.05) is 24.0 Å². The molecule has 2 heterocycles. The van der Waals surface area contributed by atoms with Crippen LogP contribution in [0.4, 0.5) is 4.79 Å². The van der Waals surface area contributed by atoms with E-state index >= 15 is 0 Å². The lowest BCUT2D eigenvalue weighted by Gasteiger charge is -2.22. The van der Waals surface area contributed by atoms with Gasteiger partial charge >= 0.3 is 41.3 Å². The predicted octanol–water partition coefficient (Wildman–Crippen LogP) is 11.3. The van der Waals surface area contributed by atoms with E-state index in [4.69, 9.17) is 54.0 Å². The van der Waals surface area contributed by atoms with Gasteiger partial charge in [0.2, 0.25) is 0 Å². The van der Waals surface area contributed by atoms with Crippen molar-refractivity contribution in [3.63, 3.8) is 0 Å². The van der Waals surface area contributed by atoms with E-state index in [-0.39, 0.29) is 47.1 Å². The van der Waals surface area contributed by atoms with E-state index in [0.29, 0.717) is 6.42 Å². The molecular weight excluding hydrogens is 1000 g/mol. The highest BCUT2D eigenvalue weighted by atomic mass is 35.5. The minimum atomic E-state index is -5.92. The highest BCUT2D eigenvalue weighted by molar-refractivity contribution is 7.67. The van der Waals surface area contributed by atoms with Crippen molar-refractivity contribution < 1.29 is 74.2 Å². The average molecular weight is 1060 g/mol. The molecule has 1 aromatic heterocycles. The molecule has 70 heavy (non-hydrogen) atoms. The van der Waals surface area contributed by atoms with Crippen LogP contribution < -0.4 is 20.7 Å². The average Bonchev–Trinajstić information content (AvgIpc) is 3.72. The van der Waals surface area contributed by atoms with E-state index in [1.807, 2.05) is 4.98 Å². The third-order valence-electron chi connectivity index (χ3n) is 10.5. The molecule has 1 fully saturated rings. The van der Waals surface area contributed by atoms with E-state index in [1.54, 1.807) is 6.92 Å². The van der Waals surface area contributed by atoms with Crippen LogP contribution in [-0.2, 0) is 63.4 Å². The first kappa shape index (κ1) is 58.4. The quantitative estimate of drug-likeness (QED) is 0.00746. The van der Waals surface area contributed by atoms with Gasteiger partial charge in [0.05, 0.1) is 38.6 Å². The summed E-state index contributed by atoms with van der Waals surface area (Å²) in [6.45, 7) is 1.86. The number of nitrogens with zero attached hydrogens (tertiary/aromatic N) is 4. The number of H-pyrrole nitrogens is 1. The number of hydrogen-bond acceptors (Lipinski definition) is 17. The number of unbranched alkanes of at least 4 members (excludes halogenated alkanes) is 13. The first-order valence-electron chi connectivity index (χ1n) is 23.0. The van der Waals surface area contributed by atoms with E-state index in [1.165, 1.54) is 113 Å². The minimum Gasteiger partial charge on any atom is -0.434 e. The summed E-state index contributed by atoms with van der Waals surface area (Å²) in [6, 6.07) is 10.1. The van der Waals surface area contributed by atoms with Crippen LogP contribution in [0.15, 0.2) is 69.4 Å². The second kappa shape index (κ2) is 30.0. The number of halogens is 1. The molecule has 0 amide bonds. The number of carbonyl (C=O) groups is 2. The van der Waals surface area contributed by atoms with Crippen LogP contribution in [0.3, 0.4) is 0 Å². The van der Waals surface area contributed by atoms with Crippen LogP contribution in [0.2, 0.25) is 5.02 Å². The van der Waals surface area contributed by atoms with Crippen LogP contribution in [0.1, 0.15) is 134 Å². The molecule has 2 aromatic carbocycles. The SMILES string of the molecule is CCCCCCCCCCCCCCCCOC(=O)Oc1ccc(COP(=O)(OCc2ccc(OC(=O)CC)cc2)OP(=O)(O)OP(=O)(O)OC[C@H]2O[C@@H](n3cc(Cl)c(=O)[nH]c3=O)C[C@H]2N=[N+]=[N-])cc1. The van der Waals surface area contributed by atoms with Crippen LogP contribution >= 0.6 is 35.1 Å². The molecule has 0 bridgehead atoms. The Hall–Kier alpha value is -4.17. The Labute approximate surface area is 409 Å². The van der Waals surface area contributed by atoms with Crippen LogP contribution in [-0.4, -0.2) is 56.8 Å². The number of aromatic nitrogens is 2. The van der Waals surface area contributed by atoms with Crippen molar-refractivity contribution in [2.75, 3.05) is 13.2 Å². The number of phosphoric ester groups is 2. The molecule has 0 saturated carbocycles. The molecule has 388 valence electrons. The summed E-state index contributed by atoms with van der Waals surface area (Å²) in [7, 11) is -16.8. The van der Waals surface area contributed by atoms with Gasteiger partial charge in [-0.15, -0.1) is 0 Å². The number of nitrogens with one attached hydrogen (secondary N) is 1. The number of esters is 1. The monoisotopic (exact) mass is 1060 g/mol. The number of azide groups is 1. The molecular formula is C43H61ClN5O18P3. The Bertz CT molecular complexity index is 2440. The van der Waals surface area contributed by atoms with E-state index in [9.17, 15) is 42.7 Å². The van der Waals surface area contributed by atoms with Crippen molar-refractivity contribution in [3.05, 3.63) is 102 Å². The van der Waals surface area contributed by atoms with Gasteiger partial charge < -0.3 is 28.7 Å². The topological polar surface area (TPSA) is 312 Å². The minimum absolute atomic E-state index is 0.101. The normalized spacial score (nSPS) is 18.2. The van der Waals surface area contributed by atoms with E-state index in [0.717, 1.165) is 30.0 Å². The van der Waals surface area contributed by atoms with Gasteiger partial charge in [-0.05, 0) is 47.3 Å². The number of ether oxygens (including phenoxy) is 4. The fourth-order valence-electron chi connectivity index (χ4n) is 6.84. The van der Waals surface area contributed by atoms with Crippen molar-refractivity contribution in [2.24, 2.45) is 5.11 Å². The second-order valence-corrected chi connectivity index (χ2v) is 21.3. The molecule has 27 heteroatoms. The van der Waals surface area contributed by atoms with E-state index < -0.39 is 85.0 Å². The number of rotatable bonds is 33. The molecule has 1 saturated heterocycles. The molecule has 1 aliphatic rings. The lowest BCUT2D eigenvalue weighted by molar-refractivity contribution is -0.134. The molecule has 1 aliphatic heterocycles. The standard InChI is InChI=1S/C43H61ClN5O18P3/c1-3-5-6-7-8-9-10-11-12-13-14-15-16-17-26-59-43(53)64-35-24-20-33(21-25-35)30-62-70(58,61-29-32-18-22-34(23-19-32)63-40(50)4-2)67-69(56,57)66-68(54,55)60-31-38-37(47-48-45)27-39(65-38)49-28-36(44)41(51)46-42(49)52/h18-25,28,37-39H,3-17,26-27,29-31H2,1-2H3,(H,54,55)(H,56,57)(H,46,51,52)/t37-,38-,39-,70?/m1/s1. The lowest BCUT2D eigenvalue weighted by atomic mass is 10.0. The Kier molecular flexibility index (Phi) is 25.0. The molecule has 0 spiro atoms. The van der Waals surface area contributed by atoms with Crippen molar-refractivity contribution in [1.82, 2.24) is 9.55 Å². The maximum absolute atomic E-state index is 14.0. The van der Waals surface area contributed by atoms with Crippen LogP contribution in [0.25, 0.3) is 10.4 Å². The summed E-state index contributed by atoms with van der Waals surface area (Å²) in [5.74, 6) is -0.218. The lowest BCUT2D eigenvalue weighted by Crippen LogP contribution is -2.32. The highest BCUT2D eigenvalue weighted by Crippen LogP contribution is 2.69. The smallest absolute Gasteiger partial charge is 0.434 e. The maximum Gasteiger partial charge on any atom is 0.513 e. The molecule has 0 radical (unpaired) electrons. The molecule has 3 aromatic rings. The molecule has 6 atom stereocenters. The molecule has 4 rings (SSSR count). The molecule has 23 nitrogen and oxygen atoms in total. The predicted molar refractivity (Wildman–Crippen MR) is 254 cm³/mol. The molecule has 0 aliphatic carbocycles. The number of aromatic amines is 1. The van der Waals surface area contributed by atoms with Gasteiger partial charge in [-0.25, -0.2) is 23.3 Å². The summed E-state index contributed by atoms with van der Waals surface area (Å²) in [5.41, 5.74) is 7.79. The number of benzene rings is 2. The van der Waals surface area contributed by atoms with Crippen LogP contribution in [0, 0.1) is 0 Å². The Morgan fingerprint density at radius 2 is 1.31 bits per heavy atom. The summed E-state index contributed by atoms with van der Waals surface area (Å²) < 4.78 is 87.0. The third-order valence-corrected chi connectivity index (χ3v) is 15.4. The molecule has 3 unspecified atom stereocenters. The van der Waals surface area contributed by atoms with Gasteiger partial charge in [-0.1, -0.05) is 138 Å². The Morgan fingerprint density at radius 3 is 1.84 bits per heavy atom. The van der Waals surface area contributed by atoms with Crippen molar-refractivity contribution in [1.29, 1.82) is 0 Å². The summed E-state index contributed by atoms with van der Waals surface area (Å²) in [5, 5.41) is 3.16. The van der Waals surface area contributed by atoms with Crippen LogP contribution in [0.5, 0.6) is 11.5 Å². The Balaban J connectivity index is 1.29. The summed E-state index contributed by atoms with van der Waals surface area (Å²) in [4.78, 5) is 73.8.